The molecule has 6 heteroatoms. The summed E-state index contributed by atoms with van der Waals surface area (Å²) >= 11 is 1.47. The van der Waals surface area contributed by atoms with E-state index in [0.29, 0.717) is 30.4 Å². The molecule has 0 radical (unpaired) electrons. The fourth-order valence-electron chi connectivity index (χ4n) is 4.29. The van der Waals surface area contributed by atoms with Crippen molar-refractivity contribution in [2.45, 2.75) is 76.9 Å². The second-order valence-corrected chi connectivity index (χ2v) is 8.64. The molecule has 0 aliphatic heterocycles. The smallest absolute Gasteiger partial charge is 0.262 e. The van der Waals surface area contributed by atoms with Gasteiger partial charge in [0.25, 0.3) is 5.56 Å². The van der Waals surface area contributed by atoms with Crippen LogP contribution in [0.2, 0.25) is 0 Å². The first-order valence-corrected chi connectivity index (χ1v) is 10.8. The van der Waals surface area contributed by atoms with Crippen LogP contribution in [-0.4, -0.2) is 32.4 Å². The molecule has 0 unspecified atom stereocenters. The number of amides is 1. The van der Waals surface area contributed by atoms with Gasteiger partial charge in [0.2, 0.25) is 5.91 Å². The Morgan fingerprint density at radius 2 is 1.92 bits per heavy atom. The summed E-state index contributed by atoms with van der Waals surface area (Å²) in [6, 6.07) is 2.67. The highest BCUT2D eigenvalue weighted by molar-refractivity contribution is 7.16. The summed E-state index contributed by atoms with van der Waals surface area (Å²) in [6.07, 6.45) is 10.3. The predicted octanol–water partition coefficient (Wildman–Crippen LogP) is 3.81. The summed E-state index contributed by atoms with van der Waals surface area (Å²) in [7, 11) is 0. The molecule has 0 atom stereocenters. The van der Waals surface area contributed by atoms with E-state index in [4.69, 9.17) is 0 Å². The third-order valence-corrected chi connectivity index (χ3v) is 6.85. The number of aromatic nitrogens is 2. The number of rotatable bonds is 6. The Bertz CT molecular complexity index is 831. The first kappa shape index (κ1) is 17.7. The van der Waals surface area contributed by atoms with Crippen LogP contribution in [0.4, 0.5) is 0 Å². The Kier molecular flexibility index (Phi) is 5.11. The van der Waals surface area contributed by atoms with E-state index in [-0.39, 0.29) is 11.5 Å². The van der Waals surface area contributed by atoms with E-state index in [0.717, 1.165) is 36.4 Å². The summed E-state index contributed by atoms with van der Waals surface area (Å²) in [6.45, 7) is 2.69. The van der Waals surface area contributed by atoms with Crippen molar-refractivity contribution in [1.82, 2.24) is 14.5 Å². The van der Waals surface area contributed by atoms with Crippen LogP contribution in [0.15, 0.2) is 22.6 Å². The van der Waals surface area contributed by atoms with Gasteiger partial charge in [0.15, 0.2) is 0 Å². The standard InChI is InChI=1S/C20H27N3O2S/c1-2-14-3-5-15(6-4-14)23(16-7-8-16)18(24)9-11-22-13-21-19-17(20(22)25)10-12-26-19/h10,12-16H,2-9,11H2,1H3. The highest BCUT2D eigenvalue weighted by Crippen LogP contribution is 2.36. The molecular formula is C20H27N3O2S. The summed E-state index contributed by atoms with van der Waals surface area (Å²) < 4.78 is 1.59. The molecule has 0 saturated heterocycles. The van der Waals surface area contributed by atoms with E-state index in [1.54, 1.807) is 10.9 Å². The number of hydrogen-bond donors (Lipinski definition) is 0. The van der Waals surface area contributed by atoms with Crippen LogP contribution in [0.3, 0.4) is 0 Å². The van der Waals surface area contributed by atoms with Gasteiger partial charge in [0.1, 0.15) is 4.83 Å². The van der Waals surface area contributed by atoms with Crippen LogP contribution in [0.5, 0.6) is 0 Å². The molecule has 4 rings (SSSR count). The summed E-state index contributed by atoms with van der Waals surface area (Å²) in [5.41, 5.74) is -0.0366. The highest BCUT2D eigenvalue weighted by Gasteiger charge is 2.38. The lowest BCUT2D eigenvalue weighted by molar-refractivity contribution is -0.135. The number of fused-ring (bicyclic) bond motifs is 1. The van der Waals surface area contributed by atoms with Gasteiger partial charge >= 0.3 is 0 Å². The maximum Gasteiger partial charge on any atom is 0.262 e. The first-order valence-electron chi connectivity index (χ1n) is 9.91. The zero-order valence-corrected chi connectivity index (χ0v) is 16.2. The third-order valence-electron chi connectivity index (χ3n) is 6.03. The van der Waals surface area contributed by atoms with Crippen LogP contribution < -0.4 is 5.56 Å². The minimum Gasteiger partial charge on any atom is -0.337 e. The summed E-state index contributed by atoms with van der Waals surface area (Å²) in [5, 5.41) is 2.54. The van der Waals surface area contributed by atoms with Gasteiger partial charge in [-0.15, -0.1) is 11.3 Å². The molecule has 0 N–H and O–H groups in total. The van der Waals surface area contributed by atoms with Crippen molar-refractivity contribution in [3.63, 3.8) is 0 Å². The SMILES string of the molecule is CCC1CCC(N(C(=O)CCn2cnc3sccc3c2=O)C2CC2)CC1. The number of thiophene rings is 1. The molecule has 0 bridgehead atoms. The first-order chi connectivity index (χ1) is 12.7. The molecule has 5 nitrogen and oxygen atoms in total. The van der Waals surface area contributed by atoms with Crippen molar-refractivity contribution in [2.75, 3.05) is 0 Å². The molecule has 2 aromatic rings. The van der Waals surface area contributed by atoms with Gasteiger partial charge in [-0.3, -0.25) is 14.2 Å². The number of hydrogen-bond acceptors (Lipinski definition) is 4. The van der Waals surface area contributed by atoms with Crippen molar-refractivity contribution in [1.29, 1.82) is 0 Å². The topological polar surface area (TPSA) is 55.2 Å². The lowest BCUT2D eigenvalue weighted by Gasteiger charge is -2.37. The van der Waals surface area contributed by atoms with Crippen LogP contribution in [-0.2, 0) is 11.3 Å². The lowest BCUT2D eigenvalue weighted by Crippen LogP contribution is -2.44. The molecule has 2 heterocycles. The number of aryl methyl sites for hydroxylation is 1. The Morgan fingerprint density at radius 1 is 1.23 bits per heavy atom. The molecular weight excluding hydrogens is 346 g/mol. The van der Waals surface area contributed by atoms with E-state index in [2.05, 4.69) is 16.8 Å². The normalized spacial score (nSPS) is 23.3. The third kappa shape index (κ3) is 3.56. The van der Waals surface area contributed by atoms with E-state index >= 15 is 0 Å². The second-order valence-electron chi connectivity index (χ2n) is 7.75. The maximum absolute atomic E-state index is 13.0. The van der Waals surface area contributed by atoms with Gasteiger partial charge in [-0.25, -0.2) is 4.98 Å². The quantitative estimate of drug-likeness (QED) is 0.774. The molecule has 140 valence electrons. The van der Waals surface area contributed by atoms with Crippen molar-refractivity contribution < 1.29 is 4.79 Å². The van der Waals surface area contributed by atoms with Gasteiger partial charge in [0.05, 0.1) is 11.7 Å². The average molecular weight is 374 g/mol. The molecule has 2 fully saturated rings. The van der Waals surface area contributed by atoms with Gasteiger partial charge in [-0.2, -0.15) is 0 Å². The van der Waals surface area contributed by atoms with Crippen LogP contribution in [0, 0.1) is 5.92 Å². The molecule has 2 saturated carbocycles. The van der Waals surface area contributed by atoms with Gasteiger partial charge in [-0.05, 0) is 55.9 Å². The zero-order valence-electron chi connectivity index (χ0n) is 15.4. The number of carbonyl (C=O) groups excluding carboxylic acids is 1. The predicted molar refractivity (Wildman–Crippen MR) is 104 cm³/mol. The monoisotopic (exact) mass is 373 g/mol. The number of nitrogens with zero attached hydrogens (tertiary/aromatic N) is 3. The number of carbonyl (C=O) groups is 1. The van der Waals surface area contributed by atoms with E-state index in [1.807, 2.05) is 11.4 Å². The van der Waals surface area contributed by atoms with Crippen LogP contribution >= 0.6 is 11.3 Å². The second kappa shape index (κ2) is 7.51. The molecule has 26 heavy (non-hydrogen) atoms. The molecule has 0 aromatic carbocycles. The van der Waals surface area contributed by atoms with E-state index in [1.165, 1.54) is 30.6 Å². The van der Waals surface area contributed by atoms with Crippen LogP contribution in [0.1, 0.15) is 58.3 Å². The maximum atomic E-state index is 13.0. The minimum absolute atomic E-state index is 0.0366. The van der Waals surface area contributed by atoms with E-state index < -0.39 is 0 Å². The Balaban J connectivity index is 1.42. The Morgan fingerprint density at radius 3 is 2.58 bits per heavy atom. The molecule has 0 spiro atoms. The van der Waals surface area contributed by atoms with Gasteiger partial charge in [0, 0.05) is 25.0 Å². The Labute approximate surface area is 158 Å². The largest absolute Gasteiger partial charge is 0.337 e. The summed E-state index contributed by atoms with van der Waals surface area (Å²) in [4.78, 5) is 32.7. The van der Waals surface area contributed by atoms with Crippen molar-refractivity contribution >= 4 is 27.5 Å². The highest BCUT2D eigenvalue weighted by atomic mass is 32.1. The van der Waals surface area contributed by atoms with Gasteiger partial charge in [-0.1, -0.05) is 13.3 Å². The molecule has 1 amide bonds. The van der Waals surface area contributed by atoms with Crippen molar-refractivity contribution in [3.8, 4) is 0 Å². The molecule has 2 aromatic heterocycles. The molecule has 2 aliphatic rings. The fourth-order valence-corrected chi connectivity index (χ4v) is 5.01. The Hall–Kier alpha value is -1.69. The van der Waals surface area contributed by atoms with Crippen molar-refractivity contribution in [3.05, 3.63) is 28.1 Å². The summed E-state index contributed by atoms with van der Waals surface area (Å²) in [5.74, 6) is 1.05. The zero-order chi connectivity index (χ0) is 18.1. The lowest BCUT2D eigenvalue weighted by atomic mass is 9.83. The van der Waals surface area contributed by atoms with Gasteiger partial charge < -0.3 is 4.90 Å². The van der Waals surface area contributed by atoms with Crippen molar-refractivity contribution in [2.24, 2.45) is 5.92 Å². The van der Waals surface area contributed by atoms with E-state index in [9.17, 15) is 9.59 Å². The fraction of sp³-hybridized carbons (Fsp3) is 0.650. The molecule has 2 aliphatic carbocycles. The average Bonchev–Trinajstić information content (AvgIpc) is 3.37. The minimum atomic E-state index is -0.0366. The van der Waals surface area contributed by atoms with Crippen LogP contribution in [0.25, 0.3) is 10.2 Å².